The highest BCUT2D eigenvalue weighted by molar-refractivity contribution is 7.80. The Morgan fingerprint density at radius 2 is 0.725 bits per heavy atom. The Morgan fingerprint density at radius 1 is 0.370 bits per heavy atom. The zero-order valence-electron chi connectivity index (χ0n) is 77.9. The fourth-order valence-electron chi connectivity index (χ4n) is 14.0. The van der Waals surface area contributed by atoms with Gasteiger partial charge in [-0.15, -0.1) is 0 Å². The average molecular weight is 1970 g/mol. The van der Waals surface area contributed by atoms with Gasteiger partial charge in [0.1, 0.15) is 84.3 Å². The molecule has 0 fully saturated rings. The lowest BCUT2D eigenvalue weighted by Crippen LogP contribution is -2.64. The summed E-state index contributed by atoms with van der Waals surface area (Å²) in [5.74, 6) is -25.1. The molecule has 0 aliphatic heterocycles. The van der Waals surface area contributed by atoms with Crippen LogP contribution in [0.15, 0.2) is 85.2 Å². The molecule has 138 heavy (non-hydrogen) atoms. The molecule has 2 aromatic heterocycles. The van der Waals surface area contributed by atoms with E-state index in [1.54, 1.807) is 84.3 Å². The number of phenolic OH excluding ortho intramolecular Hbond substituents is 1. The summed E-state index contributed by atoms with van der Waals surface area (Å²) in [6, 6.07) is -3.42. The maximum atomic E-state index is 14.8. The van der Waals surface area contributed by atoms with Gasteiger partial charge in [0.25, 0.3) is 0 Å². The summed E-state index contributed by atoms with van der Waals surface area (Å²) < 4.78 is 0. The average Bonchev–Trinajstić information content (AvgIpc) is 1.65. The number of aromatic amines is 2. The quantitative estimate of drug-likeness (QED) is 0.0162. The number of nitrogens with one attached hydrogen (secondary N) is 19. The Labute approximate surface area is 805 Å². The molecule has 3 aromatic carbocycles. The normalized spacial score (nSPS) is 15.0. The molecule has 5 aromatic rings. The Hall–Kier alpha value is -13.5. The Bertz CT molecular complexity index is 5090. The largest absolute Gasteiger partial charge is 0.508 e. The number of aliphatic hydroxyl groups excluding tert-OH is 3. The third-order valence-corrected chi connectivity index (χ3v) is 22.5. The van der Waals surface area contributed by atoms with Crippen molar-refractivity contribution in [3.63, 3.8) is 0 Å². The van der Waals surface area contributed by atoms with Crippen LogP contribution in [-0.2, 0) is 115 Å². The van der Waals surface area contributed by atoms with Crippen molar-refractivity contribution in [2.45, 2.75) is 230 Å². The molecule has 0 aliphatic carbocycles. The number of fused-ring (bicyclic) bond motifs is 2. The summed E-state index contributed by atoms with van der Waals surface area (Å²) in [6.45, 7) is 10.8. The molecule has 0 spiro atoms. The number of aromatic hydroxyl groups is 1. The number of carbonyl (C=O) groups excluding carboxylic acids is 17. The summed E-state index contributed by atoms with van der Waals surface area (Å²) in [5, 5.41) is 113. The van der Waals surface area contributed by atoms with Crippen molar-refractivity contribution >= 4 is 165 Å². The number of nitrogens with two attached hydrogens (primary N) is 1. The number of thiol groups is 2. The smallest absolute Gasteiger partial charge is 0.326 e. The lowest BCUT2D eigenvalue weighted by Gasteiger charge is -2.30. The van der Waals surface area contributed by atoms with E-state index in [2.05, 4.69) is 126 Å². The summed E-state index contributed by atoms with van der Waals surface area (Å²) in [4.78, 5) is 277. The fraction of sp³-hybridized carbons (Fsp3) is 0.528. The van der Waals surface area contributed by atoms with Gasteiger partial charge in [-0.2, -0.15) is 25.3 Å². The number of aromatic nitrogens is 2. The van der Waals surface area contributed by atoms with Gasteiger partial charge in [-0.3, -0.25) is 91.1 Å². The number of phenols is 1. The van der Waals surface area contributed by atoms with E-state index >= 15 is 0 Å². The van der Waals surface area contributed by atoms with Gasteiger partial charge >= 0.3 is 17.9 Å². The van der Waals surface area contributed by atoms with Crippen LogP contribution in [-0.4, -0.2) is 305 Å². The molecule has 2 heterocycles. The fourth-order valence-corrected chi connectivity index (χ4v) is 14.5. The topological polar surface area (TPSA) is 745 Å². The van der Waals surface area contributed by atoms with E-state index in [0.717, 1.165) is 30.3 Å². The Balaban J connectivity index is 1.25. The van der Waals surface area contributed by atoms with Crippen LogP contribution >= 0.6 is 25.3 Å². The highest BCUT2D eigenvalue weighted by Crippen LogP contribution is 2.23. The summed E-state index contributed by atoms with van der Waals surface area (Å²) in [5.41, 5.74) is 9.09. The number of hydrogen-bond acceptors (Lipinski definition) is 27. The van der Waals surface area contributed by atoms with E-state index < -0.39 is 304 Å². The van der Waals surface area contributed by atoms with Gasteiger partial charge in [-0.05, 0) is 111 Å². The second kappa shape index (κ2) is 56.9. The van der Waals surface area contributed by atoms with Gasteiger partial charge in [0.2, 0.25) is 100 Å². The summed E-state index contributed by atoms with van der Waals surface area (Å²) >= 11 is 8.40. The van der Waals surface area contributed by atoms with Crippen molar-refractivity contribution < 1.29 is 132 Å². The lowest BCUT2D eigenvalue weighted by molar-refractivity contribution is -0.142. The predicted octanol–water partition coefficient (Wildman–Crippen LogP) is -5.30. The van der Waals surface area contributed by atoms with E-state index in [4.69, 9.17) is 5.73 Å². The van der Waals surface area contributed by atoms with Crippen molar-refractivity contribution in [1.82, 2.24) is 100 Å². The van der Waals surface area contributed by atoms with Crippen LogP contribution in [0.4, 0.5) is 0 Å². The lowest BCUT2D eigenvalue weighted by atomic mass is 9.95. The van der Waals surface area contributed by atoms with Crippen LogP contribution in [0.25, 0.3) is 21.8 Å². The number of aliphatic carboxylic acids is 3. The van der Waals surface area contributed by atoms with Crippen LogP contribution in [0.5, 0.6) is 5.75 Å². The molecular formula is C89H128N20O27S2. The minimum absolute atomic E-state index is 0.0753. The van der Waals surface area contributed by atoms with Crippen molar-refractivity contribution in [3.8, 4) is 5.75 Å². The third-order valence-electron chi connectivity index (χ3n) is 21.8. The van der Waals surface area contributed by atoms with Gasteiger partial charge in [-0.1, -0.05) is 110 Å². The molecule has 47 nitrogen and oxygen atoms in total. The minimum Gasteiger partial charge on any atom is -0.508 e. The first-order valence-electron chi connectivity index (χ1n) is 44.6. The van der Waals surface area contributed by atoms with Gasteiger partial charge < -0.3 is 142 Å². The molecule has 0 saturated heterocycles. The molecule has 0 saturated carbocycles. The number of para-hydroxylation sites is 2. The Kier molecular flexibility index (Phi) is 47.4. The van der Waals surface area contributed by atoms with Crippen molar-refractivity contribution in [1.29, 1.82) is 0 Å². The number of carboxylic acids is 3. The molecule has 0 aliphatic rings. The maximum Gasteiger partial charge on any atom is 0.326 e. The van der Waals surface area contributed by atoms with Gasteiger partial charge in [0.05, 0.1) is 51.0 Å². The SMILES string of the molecule is CC[C@H](C)[C@H](NC(=O)[C@H](CC(C)C)NC(=O)[C@H](CCC(=O)O)NC(=O)CNC(=O)[C@H](Cc1ccc(O)cc1)NC(=O)[C@H](CO)NC(=O)[C@@H](NC(=O)[C@@H](NC(=O)[C@@H](NC(=O)[C@H](CS)NC(=O)[C@H](CCC(=O)O)NC(=O)CNC(=O)[C@@H](N)Cc1c[nH]c2ccccc12)[C@@H](C)O)C(C)C)[C@@H](C)O)C(=O)N[C@@H](Cc1c[nH]c2ccccc12)C(=O)N[C@@H](CS)C(=O)NCC(=O)NCC(=O)N[C@@H](CC(C)C)C(=O)O. The standard InChI is InChI=1S/C89H128N20O27S2/c1-11-45(8)73(86(132)102-61(32-50-34-92-56-19-15-13-17-53(50)56)81(127)104-64(40-137)78(124)95-35-66(114)93-36-67(115)99-62(89(135)136)29-43(4)5)107-82(128)59(28-42(2)3)100-79(125)57(24-26-70(118)119)97-69(117)38-96-77(123)60(30-48-20-22-51(113)23-21-48)101-83(129)63(39-110)103-87(133)74(46(9)111)109-85(131)72(44(6)7)106-88(134)75(47(10)112)108-84(130)65(41-138)105-80(126)58(25-27-71(120)121)98-68(116)37-94-76(122)54(90)31-49-33-91-55-18-14-12-16-52(49)55/h12-23,33-34,42-47,54,57-65,72-75,91-92,110-113,137-138H,11,24-32,35-41,90H2,1-10H3,(H,93,114)(H,94,122)(H,95,124)(H,96,123)(H,97,117)(H,98,116)(H,99,115)(H,100,125)(H,101,129)(H,102,132)(H,103,133)(H,104,127)(H,105,126)(H,106,134)(H,107,128)(H,108,130)(H,109,131)(H,118,119)(H,120,121)(H,135,136)/t45-,46+,47+,54-,57-,58-,59-,60-,61-,62-,63-,64-,65-,72-,73-,74-,75-/m0/s1. The number of hydrogen-bond donors (Lipinski definition) is 29. The van der Waals surface area contributed by atoms with E-state index in [1.165, 1.54) is 38.1 Å². The summed E-state index contributed by atoms with van der Waals surface area (Å²) in [7, 11) is 0. The summed E-state index contributed by atoms with van der Waals surface area (Å²) in [6.07, 6.45) is -3.31. The first kappa shape index (κ1) is 115. The highest BCUT2D eigenvalue weighted by Gasteiger charge is 2.41. The van der Waals surface area contributed by atoms with Crippen molar-refractivity contribution in [2.75, 3.05) is 44.3 Å². The van der Waals surface area contributed by atoms with E-state index in [0.29, 0.717) is 16.5 Å². The van der Waals surface area contributed by atoms with Crippen LogP contribution in [0, 0.1) is 23.7 Å². The predicted molar refractivity (Wildman–Crippen MR) is 504 cm³/mol. The molecule has 0 radical (unpaired) electrons. The van der Waals surface area contributed by atoms with Gasteiger partial charge in [0, 0.05) is 71.4 Å². The molecule has 0 unspecified atom stereocenters. The minimum atomic E-state index is -2.02. The number of carbonyl (C=O) groups is 20. The number of rotatable bonds is 59. The van der Waals surface area contributed by atoms with E-state index in [1.807, 2.05) is 18.2 Å². The molecule has 17 amide bonds. The zero-order chi connectivity index (χ0) is 103. The van der Waals surface area contributed by atoms with E-state index in [9.17, 15) is 132 Å². The number of carboxylic acid groups (broad SMARTS) is 3. The van der Waals surface area contributed by atoms with Crippen LogP contribution in [0.2, 0.25) is 0 Å². The molecule has 758 valence electrons. The molecule has 28 N–H and O–H groups in total. The number of amides is 17. The highest BCUT2D eigenvalue weighted by atomic mass is 32.1. The van der Waals surface area contributed by atoms with Crippen LogP contribution in [0.1, 0.15) is 131 Å². The van der Waals surface area contributed by atoms with Gasteiger partial charge in [-0.25, -0.2) is 4.79 Å². The zero-order valence-corrected chi connectivity index (χ0v) is 79.7. The van der Waals surface area contributed by atoms with Crippen LogP contribution in [0.3, 0.4) is 0 Å². The number of aliphatic hydroxyl groups is 3. The second-order valence-corrected chi connectivity index (χ2v) is 35.1. The van der Waals surface area contributed by atoms with Crippen molar-refractivity contribution in [3.05, 3.63) is 102 Å². The van der Waals surface area contributed by atoms with E-state index in [-0.39, 0.29) is 55.1 Å². The monoisotopic (exact) mass is 1970 g/mol. The van der Waals surface area contributed by atoms with Gasteiger partial charge in [0.15, 0.2) is 0 Å². The first-order chi connectivity index (χ1) is 65.1. The molecule has 49 heteroatoms. The second-order valence-electron chi connectivity index (χ2n) is 34.3. The number of H-pyrrole nitrogens is 2. The Morgan fingerprint density at radius 3 is 1.20 bits per heavy atom. The third kappa shape index (κ3) is 37.9. The maximum absolute atomic E-state index is 14.8. The van der Waals surface area contributed by atoms with Crippen molar-refractivity contribution in [2.24, 2.45) is 29.4 Å². The van der Waals surface area contributed by atoms with Crippen LogP contribution < -0.4 is 96.1 Å². The molecule has 0 bridgehead atoms. The number of benzene rings is 3. The molecular weight excluding hydrogens is 1850 g/mol. The molecule has 5 rings (SSSR count). The molecule has 17 atom stereocenters. The first-order valence-corrected chi connectivity index (χ1v) is 45.9.